The zero-order valence-electron chi connectivity index (χ0n) is 14.6. The number of rotatable bonds is 4. The van der Waals surface area contributed by atoms with Gasteiger partial charge in [-0.05, 0) is 43.7 Å². The number of urea groups is 1. The molecule has 3 rings (SSSR count). The molecule has 4 N–H and O–H groups in total. The number of nitrogens with zero attached hydrogens (tertiary/aromatic N) is 1. The van der Waals surface area contributed by atoms with E-state index in [9.17, 15) is 9.59 Å². The molecule has 1 aromatic rings. The predicted molar refractivity (Wildman–Crippen MR) is 98.1 cm³/mol. The molecule has 1 aromatic carbocycles. The molecule has 6 heteroatoms. The van der Waals surface area contributed by atoms with Crippen molar-refractivity contribution in [3.63, 3.8) is 0 Å². The lowest BCUT2D eigenvalue weighted by Crippen LogP contribution is -2.48. The summed E-state index contributed by atoms with van der Waals surface area (Å²) < 4.78 is 0. The second-order valence-corrected chi connectivity index (χ2v) is 7.18. The van der Waals surface area contributed by atoms with Gasteiger partial charge < -0.3 is 21.3 Å². The maximum absolute atomic E-state index is 12.4. The zero-order valence-corrected chi connectivity index (χ0v) is 14.6. The Balaban J connectivity index is 1.39. The molecule has 0 unspecified atom stereocenters. The molecule has 2 fully saturated rings. The van der Waals surface area contributed by atoms with Crippen molar-refractivity contribution in [2.75, 3.05) is 18.4 Å². The Bertz CT molecular complexity index is 584. The van der Waals surface area contributed by atoms with Crippen LogP contribution in [0.5, 0.6) is 0 Å². The molecule has 0 aromatic heterocycles. The maximum Gasteiger partial charge on any atom is 0.319 e. The Morgan fingerprint density at radius 2 is 1.80 bits per heavy atom. The molecule has 1 saturated carbocycles. The predicted octanol–water partition coefficient (Wildman–Crippen LogP) is 2.32. The molecule has 6 nitrogen and oxygen atoms in total. The molecule has 1 heterocycles. The smallest absolute Gasteiger partial charge is 0.319 e. The van der Waals surface area contributed by atoms with Crippen LogP contribution < -0.4 is 16.4 Å². The molecular formula is C19H28N4O2. The van der Waals surface area contributed by atoms with Crippen LogP contribution in [0.1, 0.15) is 38.5 Å². The number of nitrogens with one attached hydrogen (secondary N) is 2. The summed E-state index contributed by atoms with van der Waals surface area (Å²) in [7, 11) is 0. The van der Waals surface area contributed by atoms with Crippen LogP contribution in [0.15, 0.2) is 30.3 Å². The standard InChI is InChI=1S/C19H28N4O2/c20-17-8-4-5-14(17)13-18(24)23-11-9-16(10-12-23)22-19(25)21-15-6-2-1-3-7-15/h1-3,6-7,14,16-17H,4-5,8-13,20H2,(H2,21,22,25)/t14-,17+/m0/s1. The van der Waals surface area contributed by atoms with Crippen LogP contribution in [0.4, 0.5) is 10.5 Å². The molecule has 1 aliphatic carbocycles. The third kappa shape index (κ3) is 4.95. The van der Waals surface area contributed by atoms with Gasteiger partial charge in [0.05, 0.1) is 0 Å². The normalized spacial score (nSPS) is 24.1. The first-order chi connectivity index (χ1) is 12.1. The average Bonchev–Trinajstić information content (AvgIpc) is 3.01. The average molecular weight is 344 g/mol. The highest BCUT2D eigenvalue weighted by atomic mass is 16.2. The summed E-state index contributed by atoms with van der Waals surface area (Å²) >= 11 is 0. The van der Waals surface area contributed by atoms with E-state index >= 15 is 0 Å². The summed E-state index contributed by atoms with van der Waals surface area (Å²) in [4.78, 5) is 26.4. The van der Waals surface area contributed by atoms with E-state index < -0.39 is 0 Å². The molecule has 3 amide bonds. The number of likely N-dealkylation sites (tertiary alicyclic amines) is 1. The van der Waals surface area contributed by atoms with E-state index in [1.54, 1.807) is 0 Å². The van der Waals surface area contributed by atoms with E-state index in [0.29, 0.717) is 25.4 Å². The van der Waals surface area contributed by atoms with Crippen molar-refractivity contribution in [3.05, 3.63) is 30.3 Å². The van der Waals surface area contributed by atoms with Crippen molar-refractivity contribution in [1.82, 2.24) is 10.2 Å². The molecule has 0 bridgehead atoms. The highest BCUT2D eigenvalue weighted by Crippen LogP contribution is 2.27. The molecule has 136 valence electrons. The highest BCUT2D eigenvalue weighted by molar-refractivity contribution is 5.89. The van der Waals surface area contributed by atoms with Crippen molar-refractivity contribution in [2.45, 2.75) is 50.6 Å². The monoisotopic (exact) mass is 344 g/mol. The van der Waals surface area contributed by atoms with Crippen LogP contribution >= 0.6 is 0 Å². The minimum absolute atomic E-state index is 0.112. The number of hydrogen-bond donors (Lipinski definition) is 3. The van der Waals surface area contributed by atoms with Crippen molar-refractivity contribution >= 4 is 17.6 Å². The van der Waals surface area contributed by atoms with E-state index in [1.807, 2.05) is 35.2 Å². The third-order valence-corrected chi connectivity index (χ3v) is 5.37. The van der Waals surface area contributed by atoms with Gasteiger partial charge in [-0.1, -0.05) is 24.6 Å². The minimum atomic E-state index is -0.187. The lowest BCUT2D eigenvalue weighted by atomic mass is 9.98. The first-order valence-corrected chi connectivity index (χ1v) is 9.28. The number of hydrogen-bond acceptors (Lipinski definition) is 3. The lowest BCUT2D eigenvalue weighted by molar-refractivity contribution is -0.133. The van der Waals surface area contributed by atoms with Crippen LogP contribution in [0.3, 0.4) is 0 Å². The van der Waals surface area contributed by atoms with Gasteiger partial charge >= 0.3 is 6.03 Å². The number of carbonyl (C=O) groups is 2. The summed E-state index contributed by atoms with van der Waals surface area (Å²) in [6, 6.07) is 9.50. The molecule has 1 saturated heterocycles. The maximum atomic E-state index is 12.4. The molecule has 0 radical (unpaired) electrons. The SMILES string of the molecule is N[C@@H]1CCC[C@H]1CC(=O)N1CCC(NC(=O)Nc2ccccc2)CC1. The van der Waals surface area contributed by atoms with Crippen LogP contribution in [0.25, 0.3) is 0 Å². The summed E-state index contributed by atoms with van der Waals surface area (Å²) in [6.07, 6.45) is 5.43. The molecule has 0 spiro atoms. The van der Waals surface area contributed by atoms with Crippen molar-refractivity contribution in [2.24, 2.45) is 11.7 Å². The third-order valence-electron chi connectivity index (χ3n) is 5.37. The van der Waals surface area contributed by atoms with E-state index in [2.05, 4.69) is 10.6 Å². The zero-order chi connectivity index (χ0) is 17.6. The van der Waals surface area contributed by atoms with Gasteiger partial charge in [0.25, 0.3) is 0 Å². The number of benzene rings is 1. The van der Waals surface area contributed by atoms with Gasteiger partial charge in [-0.15, -0.1) is 0 Å². The van der Waals surface area contributed by atoms with E-state index in [-0.39, 0.29) is 24.0 Å². The van der Waals surface area contributed by atoms with Gasteiger partial charge in [0.1, 0.15) is 0 Å². The van der Waals surface area contributed by atoms with Gasteiger partial charge in [-0.3, -0.25) is 4.79 Å². The minimum Gasteiger partial charge on any atom is -0.343 e. The van der Waals surface area contributed by atoms with Crippen molar-refractivity contribution < 1.29 is 9.59 Å². The number of para-hydroxylation sites is 1. The van der Waals surface area contributed by atoms with Crippen LogP contribution in [-0.4, -0.2) is 42.0 Å². The number of amides is 3. The summed E-state index contributed by atoms with van der Waals surface area (Å²) in [5.41, 5.74) is 6.85. The lowest BCUT2D eigenvalue weighted by Gasteiger charge is -2.33. The molecule has 25 heavy (non-hydrogen) atoms. The fourth-order valence-electron chi connectivity index (χ4n) is 3.82. The van der Waals surface area contributed by atoms with Gasteiger partial charge in [0.2, 0.25) is 5.91 Å². The van der Waals surface area contributed by atoms with Gasteiger partial charge in [0, 0.05) is 37.3 Å². The Morgan fingerprint density at radius 3 is 2.44 bits per heavy atom. The Morgan fingerprint density at radius 1 is 1.08 bits per heavy atom. The quantitative estimate of drug-likeness (QED) is 0.783. The molecule has 2 aliphatic rings. The van der Waals surface area contributed by atoms with E-state index in [1.165, 1.54) is 0 Å². The number of carbonyl (C=O) groups excluding carboxylic acids is 2. The van der Waals surface area contributed by atoms with Crippen molar-refractivity contribution in [3.8, 4) is 0 Å². The second-order valence-electron chi connectivity index (χ2n) is 7.18. The van der Waals surface area contributed by atoms with Crippen LogP contribution in [0, 0.1) is 5.92 Å². The van der Waals surface area contributed by atoms with Gasteiger partial charge in [0.15, 0.2) is 0 Å². The number of anilines is 1. The number of piperidine rings is 1. The van der Waals surface area contributed by atoms with Crippen molar-refractivity contribution in [1.29, 1.82) is 0 Å². The molecular weight excluding hydrogens is 316 g/mol. The molecule has 2 atom stereocenters. The summed E-state index contributed by atoms with van der Waals surface area (Å²) in [6.45, 7) is 1.41. The van der Waals surface area contributed by atoms with Crippen LogP contribution in [-0.2, 0) is 4.79 Å². The molecule has 1 aliphatic heterocycles. The Labute approximate surface area is 149 Å². The van der Waals surface area contributed by atoms with E-state index in [4.69, 9.17) is 5.73 Å². The highest BCUT2D eigenvalue weighted by Gasteiger charge is 2.30. The Hall–Kier alpha value is -2.08. The fraction of sp³-hybridized carbons (Fsp3) is 0.579. The van der Waals surface area contributed by atoms with Crippen LogP contribution in [0.2, 0.25) is 0 Å². The topological polar surface area (TPSA) is 87.5 Å². The second kappa shape index (κ2) is 8.34. The number of nitrogens with two attached hydrogens (primary N) is 1. The van der Waals surface area contributed by atoms with Gasteiger partial charge in [-0.25, -0.2) is 4.79 Å². The summed E-state index contributed by atoms with van der Waals surface area (Å²) in [5, 5.41) is 5.83. The summed E-state index contributed by atoms with van der Waals surface area (Å²) in [5.74, 6) is 0.564. The largest absolute Gasteiger partial charge is 0.343 e. The first-order valence-electron chi connectivity index (χ1n) is 9.28. The first kappa shape index (κ1) is 17.7. The van der Waals surface area contributed by atoms with E-state index in [0.717, 1.165) is 37.8 Å². The fourth-order valence-corrected chi connectivity index (χ4v) is 3.82. The Kier molecular flexibility index (Phi) is 5.91. The van der Waals surface area contributed by atoms with Gasteiger partial charge in [-0.2, -0.15) is 0 Å².